The molecule has 2 N–H and O–H groups in total. The fraction of sp³-hybridized carbons (Fsp3) is 0.435. The number of nitrogens with one attached hydrogen (secondary N) is 2. The third kappa shape index (κ3) is 7.02. The molecule has 186 valence electrons. The highest BCUT2D eigenvalue weighted by Crippen LogP contribution is 2.36. The molecule has 0 saturated heterocycles. The second-order valence-electron chi connectivity index (χ2n) is 8.23. The van der Waals surface area contributed by atoms with Gasteiger partial charge in [0.1, 0.15) is 0 Å². The smallest absolute Gasteiger partial charge is 0.351 e. The maximum absolute atomic E-state index is 13.1. The number of hydrogen-bond donors (Lipinski definition) is 2. The van der Waals surface area contributed by atoms with Gasteiger partial charge in [-0.15, -0.1) is 0 Å². The minimum atomic E-state index is -4.96. The second-order valence-corrected chi connectivity index (χ2v) is 9.04. The molecule has 11 heteroatoms. The van der Waals surface area contributed by atoms with Crippen LogP contribution in [0.5, 0.6) is 0 Å². The lowest BCUT2D eigenvalue weighted by Crippen LogP contribution is -2.37. The van der Waals surface area contributed by atoms with Crippen molar-refractivity contribution >= 4 is 29.1 Å². The van der Waals surface area contributed by atoms with Gasteiger partial charge in [-0.05, 0) is 67.3 Å². The molecule has 1 amide bonds. The van der Waals surface area contributed by atoms with Crippen LogP contribution in [0.25, 0.3) is 0 Å². The van der Waals surface area contributed by atoms with E-state index in [1.807, 2.05) is 0 Å². The van der Waals surface area contributed by atoms with Gasteiger partial charge < -0.3 is 10.6 Å². The molecule has 1 aliphatic rings. The molecular weight excluding hydrogens is 505 g/mol. The fourth-order valence-electron chi connectivity index (χ4n) is 3.66. The summed E-state index contributed by atoms with van der Waals surface area (Å²) in [4.78, 5) is 13.0. The van der Waals surface area contributed by atoms with Crippen LogP contribution in [0, 0.1) is 0 Å². The molecule has 0 heterocycles. The largest absolute Gasteiger partial charge is 0.416 e. The Morgan fingerprint density at radius 1 is 0.941 bits per heavy atom. The van der Waals surface area contributed by atoms with Crippen molar-refractivity contribution in [3.63, 3.8) is 0 Å². The van der Waals surface area contributed by atoms with Crippen molar-refractivity contribution in [2.24, 2.45) is 0 Å². The third-order valence-electron chi connectivity index (χ3n) is 5.75. The van der Waals surface area contributed by atoms with Crippen molar-refractivity contribution in [2.45, 2.75) is 56.5 Å². The Morgan fingerprint density at radius 3 is 2.06 bits per heavy atom. The van der Waals surface area contributed by atoms with Crippen LogP contribution < -0.4 is 10.6 Å². The predicted molar refractivity (Wildman–Crippen MR) is 118 cm³/mol. The number of halogens is 8. The lowest BCUT2D eigenvalue weighted by Gasteiger charge is -2.27. The SMILES string of the molecule is O=C(NCc1cc(C(F)(F)F)cc(C(F)(F)F)c1)C(CCNC1CCC1)c1ccc(Cl)c(Cl)c1. The van der Waals surface area contributed by atoms with Crippen LogP contribution in [-0.2, 0) is 23.7 Å². The number of carbonyl (C=O) groups is 1. The molecule has 1 atom stereocenters. The summed E-state index contributed by atoms with van der Waals surface area (Å²) < 4.78 is 78.7. The van der Waals surface area contributed by atoms with Gasteiger partial charge in [-0.3, -0.25) is 4.79 Å². The number of amides is 1. The van der Waals surface area contributed by atoms with Gasteiger partial charge in [0.15, 0.2) is 0 Å². The Bertz CT molecular complexity index is 989. The molecule has 0 bridgehead atoms. The van der Waals surface area contributed by atoms with E-state index in [2.05, 4.69) is 10.6 Å². The van der Waals surface area contributed by atoms with Crippen molar-refractivity contribution in [2.75, 3.05) is 6.54 Å². The minimum Gasteiger partial charge on any atom is -0.351 e. The number of benzene rings is 2. The third-order valence-corrected chi connectivity index (χ3v) is 6.49. The highest BCUT2D eigenvalue weighted by atomic mass is 35.5. The summed E-state index contributed by atoms with van der Waals surface area (Å²) in [6, 6.07) is 6.31. The van der Waals surface area contributed by atoms with E-state index in [9.17, 15) is 31.1 Å². The first kappa shape index (κ1) is 26.6. The normalized spacial score (nSPS) is 15.6. The van der Waals surface area contributed by atoms with E-state index in [0.29, 0.717) is 41.7 Å². The zero-order valence-corrected chi connectivity index (χ0v) is 19.3. The number of rotatable bonds is 8. The molecule has 0 aromatic heterocycles. The van der Waals surface area contributed by atoms with Crippen molar-refractivity contribution in [3.8, 4) is 0 Å². The maximum atomic E-state index is 13.1. The van der Waals surface area contributed by atoms with Crippen LogP contribution in [-0.4, -0.2) is 18.5 Å². The van der Waals surface area contributed by atoms with Crippen LogP contribution in [0.3, 0.4) is 0 Å². The molecule has 34 heavy (non-hydrogen) atoms. The van der Waals surface area contributed by atoms with Crippen LogP contribution in [0.15, 0.2) is 36.4 Å². The van der Waals surface area contributed by atoms with Crippen molar-refractivity contribution in [1.29, 1.82) is 0 Å². The van der Waals surface area contributed by atoms with Gasteiger partial charge in [-0.1, -0.05) is 35.7 Å². The highest BCUT2D eigenvalue weighted by Gasteiger charge is 2.37. The first-order valence-electron chi connectivity index (χ1n) is 10.6. The van der Waals surface area contributed by atoms with Gasteiger partial charge in [-0.2, -0.15) is 26.3 Å². The van der Waals surface area contributed by atoms with Gasteiger partial charge in [0, 0.05) is 12.6 Å². The van der Waals surface area contributed by atoms with Gasteiger partial charge in [-0.25, -0.2) is 0 Å². The Balaban J connectivity index is 1.78. The van der Waals surface area contributed by atoms with E-state index >= 15 is 0 Å². The monoisotopic (exact) mass is 526 g/mol. The van der Waals surface area contributed by atoms with Gasteiger partial charge in [0.2, 0.25) is 5.91 Å². The molecule has 1 saturated carbocycles. The molecule has 0 spiro atoms. The molecule has 1 aliphatic carbocycles. The highest BCUT2D eigenvalue weighted by molar-refractivity contribution is 6.42. The van der Waals surface area contributed by atoms with Gasteiger partial charge in [0.05, 0.1) is 27.1 Å². The Hall–Kier alpha value is -1.97. The zero-order chi connectivity index (χ0) is 25.1. The Morgan fingerprint density at radius 2 is 1.56 bits per heavy atom. The first-order valence-corrected chi connectivity index (χ1v) is 11.3. The summed E-state index contributed by atoms with van der Waals surface area (Å²) in [5, 5.41) is 6.34. The molecule has 0 aliphatic heterocycles. The average Bonchev–Trinajstić information content (AvgIpc) is 2.71. The van der Waals surface area contributed by atoms with Gasteiger partial charge in [0.25, 0.3) is 0 Å². The van der Waals surface area contributed by atoms with E-state index in [1.165, 1.54) is 12.1 Å². The summed E-state index contributed by atoms with van der Waals surface area (Å²) in [5.41, 5.74) is -2.63. The van der Waals surface area contributed by atoms with E-state index in [1.54, 1.807) is 6.07 Å². The molecule has 2 aromatic carbocycles. The number of hydrogen-bond acceptors (Lipinski definition) is 2. The summed E-state index contributed by atoms with van der Waals surface area (Å²) in [6.07, 6.45) is -6.35. The number of alkyl halides is 6. The minimum absolute atomic E-state index is 0.0515. The Labute approximate surface area is 202 Å². The zero-order valence-electron chi connectivity index (χ0n) is 17.8. The van der Waals surface area contributed by atoms with Crippen LogP contribution >= 0.6 is 23.2 Å². The van der Waals surface area contributed by atoms with Crippen LogP contribution in [0.1, 0.15) is 53.9 Å². The summed E-state index contributed by atoms with van der Waals surface area (Å²) in [7, 11) is 0. The second kappa shape index (κ2) is 10.7. The van der Waals surface area contributed by atoms with Gasteiger partial charge >= 0.3 is 12.4 Å². The lowest BCUT2D eigenvalue weighted by molar-refractivity contribution is -0.143. The van der Waals surface area contributed by atoms with E-state index in [4.69, 9.17) is 23.2 Å². The molecular formula is C23H22Cl2F6N2O. The molecule has 3 nitrogen and oxygen atoms in total. The molecule has 1 fully saturated rings. The van der Waals surface area contributed by atoms with E-state index in [0.717, 1.165) is 19.3 Å². The summed E-state index contributed by atoms with van der Waals surface area (Å²) in [5.74, 6) is -1.27. The molecule has 1 unspecified atom stereocenters. The molecule has 0 radical (unpaired) electrons. The molecule has 2 aromatic rings. The van der Waals surface area contributed by atoms with Crippen molar-refractivity contribution < 1.29 is 31.1 Å². The lowest BCUT2D eigenvalue weighted by atomic mass is 9.91. The standard InChI is InChI=1S/C23H22Cl2F6N2O/c24-19-5-4-14(10-20(19)25)18(6-7-32-17-2-1-3-17)21(34)33-12-13-8-15(22(26,27)28)11-16(9-13)23(29,30)31/h4-5,8-11,17-18,32H,1-3,6-7,12H2,(H,33,34). The van der Waals surface area contributed by atoms with Crippen molar-refractivity contribution in [1.82, 2.24) is 10.6 Å². The first-order chi connectivity index (χ1) is 15.8. The maximum Gasteiger partial charge on any atom is 0.416 e. The topological polar surface area (TPSA) is 41.1 Å². The Kier molecular flexibility index (Phi) is 8.42. The fourth-order valence-corrected chi connectivity index (χ4v) is 3.96. The summed E-state index contributed by atoms with van der Waals surface area (Å²) in [6.45, 7) is 0.00445. The van der Waals surface area contributed by atoms with Crippen LogP contribution in [0.2, 0.25) is 10.0 Å². The quantitative estimate of drug-likeness (QED) is 0.365. The van der Waals surface area contributed by atoms with Crippen molar-refractivity contribution in [3.05, 3.63) is 68.7 Å². The average molecular weight is 527 g/mol. The molecule has 3 rings (SSSR count). The van der Waals surface area contributed by atoms with E-state index in [-0.39, 0.29) is 16.7 Å². The van der Waals surface area contributed by atoms with Crippen LogP contribution in [0.4, 0.5) is 26.3 Å². The van der Waals surface area contributed by atoms with E-state index < -0.39 is 41.8 Å². The predicted octanol–water partition coefficient (Wildman–Crippen LogP) is 6.96. The summed E-state index contributed by atoms with van der Waals surface area (Å²) >= 11 is 12.0. The number of carbonyl (C=O) groups excluding carboxylic acids is 1.